The van der Waals surface area contributed by atoms with Crippen LogP contribution in [0.1, 0.15) is 15.9 Å². The van der Waals surface area contributed by atoms with Crippen LogP contribution in [-0.4, -0.2) is 12.4 Å². The molecule has 0 saturated carbocycles. The molecular weight excluding hydrogens is 176 g/mol. The molecule has 0 fully saturated rings. The van der Waals surface area contributed by atoms with Crippen molar-refractivity contribution < 1.29 is 9.53 Å². The minimum atomic E-state index is -0.432. The molecule has 12 heavy (non-hydrogen) atoms. The normalized spacial score (nSPS) is 9.83. The quantitative estimate of drug-likeness (QED) is 0.674. The number of hydrogen-bond donors (Lipinski definition) is 0. The first kappa shape index (κ1) is 9.23. The van der Waals surface area contributed by atoms with Crippen LogP contribution in [0, 0.1) is 0 Å². The van der Waals surface area contributed by atoms with E-state index in [9.17, 15) is 4.79 Å². The molecule has 1 aromatic carbocycles. The van der Waals surface area contributed by atoms with Gasteiger partial charge >= 0.3 is 0 Å². The molecular formula is C9H9ClO2. The van der Waals surface area contributed by atoms with Crippen molar-refractivity contribution in [2.75, 3.05) is 7.11 Å². The number of hydrogen-bond acceptors (Lipinski definition) is 2. The fraction of sp³-hybridized carbons (Fsp3) is 0.222. The maximum absolute atomic E-state index is 10.6. The minimum Gasteiger partial charge on any atom is -0.380 e. The minimum absolute atomic E-state index is 0.432. The van der Waals surface area contributed by atoms with Crippen LogP contribution in [0.3, 0.4) is 0 Å². The number of benzene rings is 1. The predicted molar refractivity (Wildman–Crippen MR) is 47.3 cm³/mol. The molecule has 0 spiro atoms. The molecule has 0 aliphatic heterocycles. The van der Waals surface area contributed by atoms with Gasteiger partial charge in [-0.05, 0) is 29.3 Å². The molecule has 0 heterocycles. The summed E-state index contributed by atoms with van der Waals surface area (Å²) >= 11 is 5.26. The van der Waals surface area contributed by atoms with Gasteiger partial charge < -0.3 is 4.74 Å². The average Bonchev–Trinajstić information content (AvgIpc) is 2.06. The molecule has 0 aromatic heterocycles. The largest absolute Gasteiger partial charge is 0.380 e. The summed E-state index contributed by atoms with van der Waals surface area (Å²) in [7, 11) is 1.63. The van der Waals surface area contributed by atoms with E-state index >= 15 is 0 Å². The van der Waals surface area contributed by atoms with Crippen molar-refractivity contribution in [2.24, 2.45) is 0 Å². The van der Waals surface area contributed by atoms with Crippen LogP contribution in [-0.2, 0) is 11.3 Å². The molecule has 64 valence electrons. The monoisotopic (exact) mass is 184 g/mol. The van der Waals surface area contributed by atoms with Crippen LogP contribution in [0.4, 0.5) is 0 Å². The van der Waals surface area contributed by atoms with Gasteiger partial charge in [-0.1, -0.05) is 12.1 Å². The maximum atomic E-state index is 10.6. The van der Waals surface area contributed by atoms with E-state index in [-0.39, 0.29) is 0 Å². The second-order valence-corrected chi connectivity index (χ2v) is 2.75. The first-order valence-electron chi connectivity index (χ1n) is 3.51. The van der Waals surface area contributed by atoms with Crippen LogP contribution >= 0.6 is 11.6 Å². The van der Waals surface area contributed by atoms with E-state index in [1.807, 2.05) is 12.1 Å². The van der Waals surface area contributed by atoms with Gasteiger partial charge in [0.1, 0.15) is 0 Å². The number of carbonyl (C=O) groups is 1. The van der Waals surface area contributed by atoms with Crippen molar-refractivity contribution in [2.45, 2.75) is 6.61 Å². The highest BCUT2D eigenvalue weighted by atomic mass is 35.5. The molecule has 0 amide bonds. The van der Waals surface area contributed by atoms with E-state index in [4.69, 9.17) is 16.3 Å². The topological polar surface area (TPSA) is 26.3 Å². The van der Waals surface area contributed by atoms with Crippen molar-refractivity contribution in [3.63, 3.8) is 0 Å². The molecule has 0 atom stereocenters. The van der Waals surface area contributed by atoms with Crippen LogP contribution < -0.4 is 0 Å². The molecule has 0 unspecified atom stereocenters. The molecule has 0 aliphatic carbocycles. The van der Waals surface area contributed by atoms with Gasteiger partial charge in [-0.2, -0.15) is 0 Å². The highest BCUT2D eigenvalue weighted by Crippen LogP contribution is 2.07. The Morgan fingerprint density at radius 2 is 2.00 bits per heavy atom. The molecule has 0 N–H and O–H groups in total. The second-order valence-electron chi connectivity index (χ2n) is 2.40. The van der Waals surface area contributed by atoms with Crippen molar-refractivity contribution >= 4 is 16.8 Å². The van der Waals surface area contributed by atoms with Gasteiger partial charge in [-0.3, -0.25) is 4.79 Å². The number of carbonyl (C=O) groups excluding carboxylic acids is 1. The molecule has 1 aromatic rings. The summed E-state index contributed by atoms with van der Waals surface area (Å²) in [5.74, 6) is 0. The highest BCUT2D eigenvalue weighted by molar-refractivity contribution is 6.67. The first-order valence-corrected chi connectivity index (χ1v) is 3.89. The zero-order chi connectivity index (χ0) is 8.97. The van der Waals surface area contributed by atoms with Crippen LogP contribution in [0.5, 0.6) is 0 Å². The fourth-order valence-corrected chi connectivity index (χ4v) is 1.02. The Hall–Kier alpha value is -0.860. The number of halogens is 1. The number of methoxy groups -OCH3 is 1. The van der Waals surface area contributed by atoms with Crippen LogP contribution in [0.15, 0.2) is 24.3 Å². The lowest BCUT2D eigenvalue weighted by Crippen LogP contribution is -1.91. The summed E-state index contributed by atoms with van der Waals surface area (Å²) in [6.07, 6.45) is 0. The fourth-order valence-electron chi connectivity index (χ4n) is 0.899. The zero-order valence-electron chi connectivity index (χ0n) is 6.71. The van der Waals surface area contributed by atoms with E-state index in [1.165, 1.54) is 0 Å². The number of ether oxygens (including phenoxy) is 1. The summed E-state index contributed by atoms with van der Waals surface area (Å²) < 4.78 is 4.91. The van der Waals surface area contributed by atoms with E-state index in [1.54, 1.807) is 19.2 Å². The van der Waals surface area contributed by atoms with Crippen molar-refractivity contribution in [3.05, 3.63) is 35.4 Å². The van der Waals surface area contributed by atoms with Gasteiger partial charge in [0.2, 0.25) is 0 Å². The Kier molecular flexibility index (Phi) is 3.26. The van der Waals surface area contributed by atoms with Crippen molar-refractivity contribution in [1.82, 2.24) is 0 Å². The Bertz CT molecular complexity index is 266. The van der Waals surface area contributed by atoms with Gasteiger partial charge in [-0.15, -0.1) is 0 Å². The lowest BCUT2D eigenvalue weighted by molar-refractivity contribution is 0.108. The summed E-state index contributed by atoms with van der Waals surface area (Å²) in [6.45, 7) is 0.552. The molecule has 0 radical (unpaired) electrons. The molecule has 1 rings (SSSR count). The van der Waals surface area contributed by atoms with Gasteiger partial charge in [0.15, 0.2) is 0 Å². The van der Waals surface area contributed by atoms with Crippen LogP contribution in [0.25, 0.3) is 0 Å². The summed E-state index contributed by atoms with van der Waals surface area (Å²) in [5.41, 5.74) is 1.54. The predicted octanol–water partition coefficient (Wildman–Crippen LogP) is 2.21. The van der Waals surface area contributed by atoms with Crippen molar-refractivity contribution in [1.29, 1.82) is 0 Å². The Balaban J connectivity index is 2.78. The Morgan fingerprint density at radius 1 is 1.42 bits per heavy atom. The molecule has 0 aliphatic rings. The lowest BCUT2D eigenvalue weighted by Gasteiger charge is -1.99. The first-order chi connectivity index (χ1) is 5.74. The van der Waals surface area contributed by atoms with Gasteiger partial charge in [0.25, 0.3) is 5.24 Å². The summed E-state index contributed by atoms with van der Waals surface area (Å²) in [5, 5.41) is -0.432. The van der Waals surface area contributed by atoms with Crippen molar-refractivity contribution in [3.8, 4) is 0 Å². The number of rotatable bonds is 3. The van der Waals surface area contributed by atoms with E-state index in [2.05, 4.69) is 0 Å². The third-order valence-electron chi connectivity index (χ3n) is 1.49. The maximum Gasteiger partial charge on any atom is 0.252 e. The zero-order valence-corrected chi connectivity index (χ0v) is 7.47. The Labute approximate surface area is 76.1 Å². The SMILES string of the molecule is COCc1ccc(C(=O)Cl)cc1. The van der Waals surface area contributed by atoms with Crippen LogP contribution in [0.2, 0.25) is 0 Å². The van der Waals surface area contributed by atoms with E-state index in [0.717, 1.165) is 5.56 Å². The third-order valence-corrected chi connectivity index (χ3v) is 1.71. The second kappa shape index (κ2) is 4.24. The smallest absolute Gasteiger partial charge is 0.252 e. The van der Waals surface area contributed by atoms with Gasteiger partial charge in [-0.25, -0.2) is 0 Å². The lowest BCUT2D eigenvalue weighted by atomic mass is 10.2. The highest BCUT2D eigenvalue weighted by Gasteiger charge is 1.99. The third kappa shape index (κ3) is 2.32. The standard InChI is InChI=1S/C9H9ClO2/c1-12-6-7-2-4-8(5-3-7)9(10)11/h2-5H,6H2,1H3. The molecule has 2 nitrogen and oxygen atoms in total. The average molecular weight is 185 g/mol. The Morgan fingerprint density at radius 3 is 2.42 bits per heavy atom. The summed E-state index contributed by atoms with van der Waals surface area (Å²) in [4.78, 5) is 10.6. The van der Waals surface area contributed by atoms with Gasteiger partial charge in [0.05, 0.1) is 6.61 Å². The van der Waals surface area contributed by atoms with E-state index in [0.29, 0.717) is 12.2 Å². The molecule has 0 bridgehead atoms. The van der Waals surface area contributed by atoms with Gasteiger partial charge in [0, 0.05) is 12.7 Å². The summed E-state index contributed by atoms with van der Waals surface area (Å²) in [6, 6.07) is 7.01. The molecule has 0 saturated heterocycles. The molecule has 3 heteroatoms. The van der Waals surface area contributed by atoms with E-state index < -0.39 is 5.24 Å².